The molecule has 0 aliphatic heterocycles. The molecule has 0 saturated heterocycles. The van der Waals surface area contributed by atoms with E-state index in [0.29, 0.717) is 22.7 Å². The van der Waals surface area contributed by atoms with Crippen LogP contribution in [0, 0.1) is 0 Å². The molecule has 0 bridgehead atoms. The number of aromatic nitrogens is 3. The minimum Gasteiger partial charge on any atom is -0.497 e. The van der Waals surface area contributed by atoms with Crippen molar-refractivity contribution in [3.05, 3.63) is 80.6 Å². The molecule has 0 saturated carbocycles. The normalized spacial score (nSPS) is 10.6. The highest BCUT2D eigenvalue weighted by Gasteiger charge is 2.20. The minimum absolute atomic E-state index is 0.0636. The number of carbonyl (C=O) groups excluding carboxylic acids is 1. The van der Waals surface area contributed by atoms with E-state index >= 15 is 0 Å². The first-order valence-electron chi connectivity index (χ1n) is 9.77. The summed E-state index contributed by atoms with van der Waals surface area (Å²) in [6, 6.07) is 13.5. The molecule has 32 heavy (non-hydrogen) atoms. The molecule has 0 radical (unpaired) electrons. The Morgan fingerprint density at radius 1 is 1.00 bits per heavy atom. The van der Waals surface area contributed by atoms with Crippen LogP contribution >= 0.6 is 0 Å². The molecule has 0 aliphatic rings. The summed E-state index contributed by atoms with van der Waals surface area (Å²) in [6.07, 6.45) is 0. The summed E-state index contributed by atoms with van der Waals surface area (Å²) in [5, 5.41) is 6.64. The molecule has 1 amide bonds. The van der Waals surface area contributed by atoms with Crippen molar-refractivity contribution in [1.82, 2.24) is 19.7 Å². The van der Waals surface area contributed by atoms with Crippen molar-refractivity contribution >= 4 is 5.91 Å². The zero-order chi connectivity index (χ0) is 23.1. The van der Waals surface area contributed by atoms with Crippen molar-refractivity contribution < 1.29 is 19.0 Å². The summed E-state index contributed by atoms with van der Waals surface area (Å²) in [4.78, 5) is 38.9. The summed E-state index contributed by atoms with van der Waals surface area (Å²) in [5.74, 6) is 0.468. The molecule has 10 heteroatoms. The Kier molecular flexibility index (Phi) is 7.40. The second-order valence-corrected chi connectivity index (χ2v) is 6.73. The molecular weight excluding hydrogens is 416 g/mol. The number of amides is 1. The first-order valence-corrected chi connectivity index (χ1v) is 9.77. The van der Waals surface area contributed by atoms with Crippen molar-refractivity contribution in [3.8, 4) is 17.2 Å². The van der Waals surface area contributed by atoms with Crippen LogP contribution in [0.3, 0.4) is 0 Å². The quantitative estimate of drug-likeness (QED) is 0.491. The molecule has 1 N–H and O–H groups in total. The standard InChI is InChI=1S/C22H24N4O6/c1-30-12-11-23-20(27)19-21(28)25(14-15-5-4-6-18(13-15)32-3)22(29)26(24-19)16-7-9-17(31-2)10-8-16/h4-10,13H,11-12,14H2,1-3H3,(H,23,27). The zero-order valence-corrected chi connectivity index (χ0v) is 18.0. The van der Waals surface area contributed by atoms with Gasteiger partial charge in [-0.3, -0.25) is 14.2 Å². The van der Waals surface area contributed by atoms with E-state index in [0.717, 1.165) is 9.25 Å². The van der Waals surface area contributed by atoms with Crippen LogP contribution in [0.25, 0.3) is 5.69 Å². The number of rotatable bonds is 9. The van der Waals surface area contributed by atoms with Gasteiger partial charge >= 0.3 is 5.69 Å². The lowest BCUT2D eigenvalue weighted by Crippen LogP contribution is -2.46. The van der Waals surface area contributed by atoms with Gasteiger partial charge in [0.2, 0.25) is 5.69 Å². The molecule has 168 valence electrons. The molecule has 1 aromatic heterocycles. The Morgan fingerprint density at radius 3 is 2.38 bits per heavy atom. The number of methoxy groups -OCH3 is 3. The van der Waals surface area contributed by atoms with Crippen LogP contribution in [-0.2, 0) is 11.3 Å². The third-order valence-corrected chi connectivity index (χ3v) is 4.66. The third-order valence-electron chi connectivity index (χ3n) is 4.66. The molecule has 0 fully saturated rings. The molecule has 10 nitrogen and oxygen atoms in total. The summed E-state index contributed by atoms with van der Waals surface area (Å²) in [7, 11) is 4.54. The molecule has 1 heterocycles. The Hall–Kier alpha value is -3.92. The first kappa shape index (κ1) is 22.8. The van der Waals surface area contributed by atoms with Gasteiger partial charge in [-0.1, -0.05) is 12.1 Å². The van der Waals surface area contributed by atoms with E-state index < -0.39 is 22.9 Å². The van der Waals surface area contributed by atoms with Crippen LogP contribution < -0.4 is 26.0 Å². The number of nitrogens with zero attached hydrogens (tertiary/aromatic N) is 3. The Morgan fingerprint density at radius 2 is 1.72 bits per heavy atom. The molecule has 2 aromatic carbocycles. The number of nitrogens with one attached hydrogen (secondary N) is 1. The van der Waals surface area contributed by atoms with Gasteiger partial charge in [-0.2, -0.15) is 9.78 Å². The first-order chi connectivity index (χ1) is 15.5. The van der Waals surface area contributed by atoms with E-state index in [4.69, 9.17) is 14.2 Å². The highest BCUT2D eigenvalue weighted by Crippen LogP contribution is 2.14. The maximum Gasteiger partial charge on any atom is 0.352 e. The van der Waals surface area contributed by atoms with E-state index in [-0.39, 0.29) is 19.7 Å². The van der Waals surface area contributed by atoms with Gasteiger partial charge in [0.05, 0.1) is 33.1 Å². The molecule has 0 spiro atoms. The summed E-state index contributed by atoms with van der Waals surface area (Å²) < 4.78 is 17.3. The fourth-order valence-electron chi connectivity index (χ4n) is 2.99. The van der Waals surface area contributed by atoms with E-state index in [1.807, 2.05) is 0 Å². The predicted octanol–water partition coefficient (Wildman–Crippen LogP) is 0.836. The number of benzene rings is 2. The lowest BCUT2D eigenvalue weighted by Gasteiger charge is -2.13. The van der Waals surface area contributed by atoms with E-state index in [1.165, 1.54) is 21.3 Å². The van der Waals surface area contributed by atoms with Crippen LogP contribution in [0.4, 0.5) is 0 Å². The zero-order valence-electron chi connectivity index (χ0n) is 18.0. The molecular formula is C22H24N4O6. The maximum absolute atomic E-state index is 13.2. The largest absolute Gasteiger partial charge is 0.497 e. The van der Waals surface area contributed by atoms with E-state index in [1.54, 1.807) is 48.5 Å². The summed E-state index contributed by atoms with van der Waals surface area (Å²) >= 11 is 0. The monoisotopic (exact) mass is 440 g/mol. The predicted molar refractivity (Wildman–Crippen MR) is 117 cm³/mol. The topological polar surface area (TPSA) is 114 Å². The third kappa shape index (κ3) is 5.03. The van der Waals surface area contributed by atoms with Crippen molar-refractivity contribution in [3.63, 3.8) is 0 Å². The molecule has 0 aliphatic carbocycles. The highest BCUT2D eigenvalue weighted by molar-refractivity contribution is 5.91. The van der Waals surface area contributed by atoms with Gasteiger partial charge in [0.15, 0.2) is 0 Å². The number of ether oxygens (including phenoxy) is 3. The van der Waals surface area contributed by atoms with Crippen LogP contribution in [-0.4, -0.2) is 54.7 Å². The van der Waals surface area contributed by atoms with Gasteiger partial charge in [-0.15, -0.1) is 0 Å². The second kappa shape index (κ2) is 10.4. The van der Waals surface area contributed by atoms with Gasteiger partial charge < -0.3 is 19.5 Å². The van der Waals surface area contributed by atoms with Crippen LogP contribution in [0.1, 0.15) is 16.1 Å². The fourth-order valence-corrected chi connectivity index (χ4v) is 2.99. The van der Waals surface area contributed by atoms with Crippen molar-refractivity contribution in [2.75, 3.05) is 34.5 Å². The fraction of sp³-hybridized carbons (Fsp3) is 0.273. The molecule has 0 atom stereocenters. The van der Waals surface area contributed by atoms with Gasteiger partial charge in [0, 0.05) is 13.7 Å². The lowest BCUT2D eigenvalue weighted by atomic mass is 10.2. The minimum atomic E-state index is -0.794. The Labute approximate surface area is 184 Å². The molecule has 3 rings (SSSR count). The molecule has 0 unspecified atom stereocenters. The van der Waals surface area contributed by atoms with Crippen molar-refractivity contribution in [2.24, 2.45) is 0 Å². The van der Waals surface area contributed by atoms with Gasteiger partial charge in [-0.05, 0) is 42.0 Å². The van der Waals surface area contributed by atoms with Crippen molar-refractivity contribution in [1.29, 1.82) is 0 Å². The second-order valence-electron chi connectivity index (χ2n) is 6.73. The van der Waals surface area contributed by atoms with Gasteiger partial charge in [0.25, 0.3) is 11.5 Å². The Bertz CT molecular complexity index is 1200. The lowest BCUT2D eigenvalue weighted by molar-refractivity contribution is 0.0927. The average Bonchev–Trinajstić information content (AvgIpc) is 2.82. The Balaban J connectivity index is 2.12. The van der Waals surface area contributed by atoms with Crippen LogP contribution in [0.2, 0.25) is 0 Å². The van der Waals surface area contributed by atoms with Crippen molar-refractivity contribution in [2.45, 2.75) is 6.54 Å². The van der Waals surface area contributed by atoms with Crippen LogP contribution in [0.5, 0.6) is 11.5 Å². The number of hydrogen-bond donors (Lipinski definition) is 1. The maximum atomic E-state index is 13.2. The average molecular weight is 440 g/mol. The van der Waals surface area contributed by atoms with Crippen LogP contribution in [0.15, 0.2) is 58.1 Å². The number of carbonyl (C=O) groups is 1. The summed E-state index contributed by atoms with van der Waals surface area (Å²) in [5.41, 5.74) is -0.851. The van der Waals surface area contributed by atoms with E-state index in [2.05, 4.69) is 10.4 Å². The number of hydrogen-bond acceptors (Lipinski definition) is 7. The SMILES string of the molecule is COCCNC(=O)c1nn(-c2ccc(OC)cc2)c(=O)n(Cc2cccc(OC)c2)c1=O. The van der Waals surface area contributed by atoms with Gasteiger partial charge in [0.1, 0.15) is 11.5 Å². The smallest absolute Gasteiger partial charge is 0.352 e. The van der Waals surface area contributed by atoms with Gasteiger partial charge in [-0.25, -0.2) is 4.79 Å². The van der Waals surface area contributed by atoms with E-state index in [9.17, 15) is 14.4 Å². The summed E-state index contributed by atoms with van der Waals surface area (Å²) in [6.45, 7) is 0.391. The highest BCUT2D eigenvalue weighted by atomic mass is 16.5. The molecule has 3 aromatic rings.